The minimum atomic E-state index is -1.66. The first-order valence-electron chi connectivity index (χ1n) is 10.6. The number of aryl methyl sites for hydroxylation is 2. The fourth-order valence-electron chi connectivity index (χ4n) is 3.59. The molecule has 0 aliphatic carbocycles. The van der Waals surface area contributed by atoms with Gasteiger partial charge in [0.15, 0.2) is 23.1 Å². The van der Waals surface area contributed by atoms with Gasteiger partial charge in [0.05, 0.1) is 23.6 Å². The van der Waals surface area contributed by atoms with Crippen molar-refractivity contribution in [1.82, 2.24) is 9.78 Å². The summed E-state index contributed by atoms with van der Waals surface area (Å²) in [7, 11) is 0. The van der Waals surface area contributed by atoms with Crippen molar-refractivity contribution in [2.24, 2.45) is 0 Å². The van der Waals surface area contributed by atoms with Crippen LogP contribution < -0.4 is 10.1 Å². The second-order valence-electron chi connectivity index (χ2n) is 8.00. The molecule has 0 radical (unpaired) electrons. The first-order chi connectivity index (χ1) is 16.6. The highest BCUT2D eigenvalue weighted by Gasteiger charge is 2.22. The molecule has 0 saturated heterocycles. The van der Waals surface area contributed by atoms with Crippen LogP contribution in [0, 0.1) is 44.0 Å². The van der Waals surface area contributed by atoms with E-state index in [4.69, 9.17) is 9.15 Å². The molecule has 6 nitrogen and oxygen atoms in total. The van der Waals surface area contributed by atoms with Crippen molar-refractivity contribution in [3.8, 4) is 5.75 Å². The maximum atomic E-state index is 13.7. The van der Waals surface area contributed by atoms with E-state index in [1.54, 1.807) is 11.6 Å². The first-order valence-corrected chi connectivity index (χ1v) is 10.6. The molecule has 0 atom stereocenters. The summed E-state index contributed by atoms with van der Waals surface area (Å²) in [5, 5.41) is 7.26. The number of nitrogens with zero attached hydrogens (tertiary/aromatic N) is 2. The lowest BCUT2D eigenvalue weighted by Crippen LogP contribution is -2.12. The van der Waals surface area contributed by atoms with Crippen LogP contribution in [0.4, 0.5) is 23.2 Å². The normalized spacial score (nSPS) is 11.1. The average Bonchev–Trinajstić information content (AvgIpc) is 3.38. The average molecular weight is 487 g/mol. The zero-order valence-corrected chi connectivity index (χ0v) is 19.1. The molecule has 1 amide bonds. The summed E-state index contributed by atoms with van der Waals surface area (Å²) < 4.78 is 66.2. The number of ether oxygens (including phenoxy) is 1. The fraction of sp³-hybridized carbons (Fsp3) is 0.200. The summed E-state index contributed by atoms with van der Waals surface area (Å²) in [5.41, 5.74) is 4.07. The molecule has 0 unspecified atom stereocenters. The topological polar surface area (TPSA) is 69.3 Å². The van der Waals surface area contributed by atoms with Crippen molar-refractivity contribution in [3.63, 3.8) is 0 Å². The monoisotopic (exact) mass is 487 g/mol. The van der Waals surface area contributed by atoms with Gasteiger partial charge < -0.3 is 14.5 Å². The quantitative estimate of drug-likeness (QED) is 0.263. The number of carbonyl (C=O) groups is 1. The van der Waals surface area contributed by atoms with Crippen LogP contribution in [0.25, 0.3) is 0 Å². The number of rotatable bonds is 7. The molecule has 2 heterocycles. The van der Waals surface area contributed by atoms with Crippen molar-refractivity contribution in [2.45, 2.75) is 33.9 Å². The zero-order valence-electron chi connectivity index (χ0n) is 19.1. The van der Waals surface area contributed by atoms with E-state index < -0.39 is 41.5 Å². The highest BCUT2D eigenvalue weighted by molar-refractivity contribution is 6.02. The Morgan fingerprint density at radius 2 is 1.74 bits per heavy atom. The maximum Gasteiger partial charge on any atom is 0.291 e. The molecule has 0 spiro atoms. The Bertz CT molecular complexity index is 1390. The number of aromatic nitrogens is 2. The van der Waals surface area contributed by atoms with Gasteiger partial charge in [0.1, 0.15) is 12.4 Å². The Balaban J connectivity index is 1.45. The number of carbonyl (C=O) groups excluding carboxylic acids is 1. The van der Waals surface area contributed by atoms with Crippen molar-refractivity contribution in [2.75, 3.05) is 5.32 Å². The Hall–Kier alpha value is -4.08. The van der Waals surface area contributed by atoms with Gasteiger partial charge >= 0.3 is 0 Å². The highest BCUT2D eigenvalue weighted by atomic mass is 19.2. The molecule has 4 aromatic rings. The van der Waals surface area contributed by atoms with Gasteiger partial charge in [-0.1, -0.05) is 29.8 Å². The van der Waals surface area contributed by atoms with Gasteiger partial charge in [0, 0.05) is 6.07 Å². The smallest absolute Gasteiger partial charge is 0.291 e. The summed E-state index contributed by atoms with van der Waals surface area (Å²) in [6.45, 7) is 5.56. The standard InChI is InChI=1S/C25H21F4N3O3/c1-13-5-4-6-16(9-13)11-32-15(3)23(14(2)31-32)30-25(33)20-8-7-17(35-20)12-34-24-21(28)18(26)10-19(27)22(24)29/h4-10H,11-12H2,1-3H3,(H,30,33). The summed E-state index contributed by atoms with van der Waals surface area (Å²) >= 11 is 0. The minimum absolute atomic E-state index is 0.0159. The highest BCUT2D eigenvalue weighted by Crippen LogP contribution is 2.28. The number of anilines is 1. The summed E-state index contributed by atoms with van der Waals surface area (Å²) in [6, 6.07) is 10.8. The van der Waals surface area contributed by atoms with Gasteiger partial charge in [0.25, 0.3) is 5.91 Å². The first kappa shape index (κ1) is 24.1. The van der Waals surface area contributed by atoms with Gasteiger partial charge in [-0.3, -0.25) is 9.48 Å². The molecular weight excluding hydrogens is 466 g/mol. The van der Waals surface area contributed by atoms with Crippen LogP contribution in [0.3, 0.4) is 0 Å². The minimum Gasteiger partial charge on any atom is -0.479 e. The molecule has 4 rings (SSSR count). The fourth-order valence-corrected chi connectivity index (χ4v) is 3.59. The van der Waals surface area contributed by atoms with Crippen molar-refractivity contribution in [1.29, 1.82) is 0 Å². The molecule has 0 saturated carbocycles. The number of hydrogen-bond acceptors (Lipinski definition) is 4. The van der Waals surface area contributed by atoms with Crippen molar-refractivity contribution in [3.05, 3.63) is 99.8 Å². The van der Waals surface area contributed by atoms with Crippen molar-refractivity contribution < 1.29 is 31.5 Å². The van der Waals surface area contributed by atoms with E-state index in [2.05, 4.69) is 16.5 Å². The second kappa shape index (κ2) is 9.65. The van der Waals surface area contributed by atoms with Crippen molar-refractivity contribution >= 4 is 11.6 Å². The third-order valence-corrected chi connectivity index (χ3v) is 5.35. The predicted octanol–water partition coefficient (Wildman–Crippen LogP) is 5.84. The van der Waals surface area contributed by atoms with Crippen LogP contribution in [-0.4, -0.2) is 15.7 Å². The van der Waals surface area contributed by atoms with Gasteiger partial charge in [0.2, 0.25) is 11.6 Å². The second-order valence-corrected chi connectivity index (χ2v) is 8.00. The maximum absolute atomic E-state index is 13.7. The number of amides is 1. The molecule has 0 aliphatic rings. The molecule has 10 heteroatoms. The van der Waals surface area contributed by atoms with Crippen LogP contribution in [0.5, 0.6) is 5.75 Å². The predicted molar refractivity (Wildman–Crippen MR) is 119 cm³/mol. The van der Waals surface area contributed by atoms with Crippen LogP contribution in [-0.2, 0) is 13.2 Å². The van der Waals surface area contributed by atoms with E-state index in [9.17, 15) is 22.4 Å². The molecule has 0 fully saturated rings. The van der Waals surface area contributed by atoms with E-state index in [0.717, 1.165) is 16.8 Å². The Kier molecular flexibility index (Phi) is 6.63. The number of halogens is 4. The van der Waals surface area contributed by atoms with Gasteiger partial charge in [-0.05, 0) is 38.5 Å². The molecule has 2 aromatic heterocycles. The zero-order chi connectivity index (χ0) is 25.3. The van der Waals surface area contributed by atoms with Gasteiger partial charge in [-0.25, -0.2) is 8.78 Å². The summed E-state index contributed by atoms with van der Waals surface area (Å²) in [4.78, 5) is 12.7. The Labute approximate surface area is 198 Å². The lowest BCUT2D eigenvalue weighted by atomic mass is 10.1. The number of nitrogens with one attached hydrogen (secondary N) is 1. The van der Waals surface area contributed by atoms with Gasteiger partial charge in [-0.15, -0.1) is 0 Å². The SMILES string of the molecule is Cc1cccc(Cn2nc(C)c(NC(=O)c3ccc(COc4c(F)c(F)cc(F)c4F)o3)c2C)c1. The third kappa shape index (κ3) is 5.06. The molecule has 0 aliphatic heterocycles. The summed E-state index contributed by atoms with van der Waals surface area (Å²) in [6.07, 6.45) is 0. The largest absolute Gasteiger partial charge is 0.479 e. The Morgan fingerprint density at radius 3 is 2.43 bits per heavy atom. The van der Waals surface area contributed by atoms with E-state index in [1.807, 2.05) is 32.0 Å². The molecular formula is C25H21F4N3O3. The number of hydrogen-bond donors (Lipinski definition) is 1. The third-order valence-electron chi connectivity index (χ3n) is 5.35. The van der Waals surface area contributed by atoms with Crippen LogP contribution in [0.15, 0.2) is 46.9 Å². The van der Waals surface area contributed by atoms with Crippen LogP contribution in [0.2, 0.25) is 0 Å². The van der Waals surface area contributed by atoms with E-state index in [-0.39, 0.29) is 17.6 Å². The lowest BCUT2D eigenvalue weighted by Gasteiger charge is -2.08. The molecule has 35 heavy (non-hydrogen) atoms. The summed E-state index contributed by atoms with van der Waals surface area (Å²) in [5.74, 6) is -8.38. The Morgan fingerprint density at radius 1 is 1.03 bits per heavy atom. The van der Waals surface area contributed by atoms with E-state index >= 15 is 0 Å². The molecule has 0 bridgehead atoms. The van der Waals surface area contributed by atoms with Crippen LogP contribution >= 0.6 is 0 Å². The van der Waals surface area contributed by atoms with Gasteiger partial charge in [-0.2, -0.15) is 13.9 Å². The van der Waals surface area contributed by atoms with E-state index in [1.165, 1.54) is 12.1 Å². The molecule has 2 aromatic carbocycles. The molecule has 182 valence electrons. The number of furan rings is 1. The lowest BCUT2D eigenvalue weighted by molar-refractivity contribution is 0.0992. The molecule has 1 N–H and O–H groups in total. The van der Waals surface area contributed by atoms with E-state index in [0.29, 0.717) is 17.9 Å². The number of benzene rings is 2. The van der Waals surface area contributed by atoms with Crippen LogP contribution in [0.1, 0.15) is 38.8 Å².